The summed E-state index contributed by atoms with van der Waals surface area (Å²) in [6, 6.07) is 0. The van der Waals surface area contributed by atoms with E-state index in [1.165, 1.54) is 0 Å². The minimum atomic E-state index is -2.51. The molecule has 0 aromatic carbocycles. The number of esters is 1. The Morgan fingerprint density at radius 2 is 2.29 bits per heavy atom. The average molecular weight is 245 g/mol. The Morgan fingerprint density at radius 1 is 1.59 bits per heavy atom. The third-order valence-corrected chi connectivity index (χ3v) is 2.52. The molecule has 0 N–H and O–H groups in total. The average Bonchev–Trinajstić information content (AvgIpc) is 3.00. The summed E-state index contributed by atoms with van der Waals surface area (Å²) in [6.07, 6.45) is -0.754. The molecule has 1 aromatic heterocycles. The van der Waals surface area contributed by atoms with Crippen molar-refractivity contribution in [1.29, 1.82) is 0 Å². The van der Waals surface area contributed by atoms with Gasteiger partial charge in [0.25, 0.3) is 6.43 Å². The minimum Gasteiger partial charge on any atom is -0.461 e. The summed E-state index contributed by atoms with van der Waals surface area (Å²) in [7, 11) is 0. The van der Waals surface area contributed by atoms with Crippen molar-refractivity contribution in [2.24, 2.45) is 0 Å². The fourth-order valence-electron chi connectivity index (χ4n) is 1.69. The second kappa shape index (κ2) is 4.77. The monoisotopic (exact) mass is 245 g/mol. The Kier molecular flexibility index (Phi) is 3.35. The van der Waals surface area contributed by atoms with E-state index in [4.69, 9.17) is 4.74 Å². The van der Waals surface area contributed by atoms with E-state index in [-0.39, 0.29) is 18.2 Å². The summed E-state index contributed by atoms with van der Waals surface area (Å²) < 4.78 is 30.6. The van der Waals surface area contributed by atoms with Gasteiger partial charge in [0, 0.05) is 5.92 Å². The van der Waals surface area contributed by atoms with Crippen molar-refractivity contribution in [3.05, 3.63) is 11.4 Å². The Balaban J connectivity index is 2.26. The first-order valence-corrected chi connectivity index (χ1v) is 5.52. The number of aromatic nitrogens is 3. The van der Waals surface area contributed by atoms with Crippen LogP contribution >= 0.6 is 0 Å². The van der Waals surface area contributed by atoms with Crippen LogP contribution in [0.4, 0.5) is 8.78 Å². The van der Waals surface area contributed by atoms with Gasteiger partial charge in [0.2, 0.25) is 0 Å². The molecule has 0 radical (unpaired) electrons. The number of hydrogen-bond donors (Lipinski definition) is 0. The van der Waals surface area contributed by atoms with Gasteiger partial charge >= 0.3 is 5.97 Å². The van der Waals surface area contributed by atoms with Crippen molar-refractivity contribution in [2.45, 2.75) is 38.7 Å². The van der Waals surface area contributed by atoms with Crippen LogP contribution in [0.15, 0.2) is 0 Å². The number of carbonyl (C=O) groups is 1. The predicted molar refractivity (Wildman–Crippen MR) is 54.0 cm³/mol. The molecule has 1 saturated carbocycles. The van der Waals surface area contributed by atoms with E-state index in [2.05, 4.69) is 10.3 Å². The highest BCUT2D eigenvalue weighted by Crippen LogP contribution is 2.41. The molecule has 7 heteroatoms. The highest BCUT2D eigenvalue weighted by atomic mass is 19.3. The molecule has 0 saturated heterocycles. The van der Waals surface area contributed by atoms with Crippen LogP contribution in [-0.4, -0.2) is 34.0 Å². The zero-order chi connectivity index (χ0) is 12.4. The molecule has 2 rings (SSSR count). The lowest BCUT2D eigenvalue weighted by Crippen LogP contribution is -2.13. The van der Waals surface area contributed by atoms with E-state index < -0.39 is 18.9 Å². The Hall–Kier alpha value is -1.53. The number of halogens is 2. The lowest BCUT2D eigenvalue weighted by atomic mass is 10.2. The molecule has 1 aromatic rings. The molecule has 5 nitrogen and oxygen atoms in total. The van der Waals surface area contributed by atoms with Gasteiger partial charge in [-0.05, 0) is 19.8 Å². The normalized spacial score (nSPS) is 15.3. The molecular weight excluding hydrogens is 232 g/mol. The molecule has 1 heterocycles. The van der Waals surface area contributed by atoms with Crippen LogP contribution in [0, 0.1) is 0 Å². The lowest BCUT2D eigenvalue weighted by molar-refractivity contribution is 0.0517. The Labute approximate surface area is 96.7 Å². The molecule has 0 bridgehead atoms. The zero-order valence-electron chi connectivity index (χ0n) is 9.40. The van der Waals surface area contributed by atoms with Crippen molar-refractivity contribution < 1.29 is 18.3 Å². The molecular formula is C10H13F2N3O2. The van der Waals surface area contributed by atoms with Gasteiger partial charge in [-0.25, -0.2) is 18.3 Å². The largest absolute Gasteiger partial charge is 0.461 e. The summed E-state index contributed by atoms with van der Waals surface area (Å²) in [5.41, 5.74) is 0.568. The summed E-state index contributed by atoms with van der Waals surface area (Å²) in [5.74, 6) is -0.474. The molecule has 0 amide bonds. The maximum Gasteiger partial charge on any atom is 0.360 e. The maximum absolute atomic E-state index is 12.3. The molecule has 1 aliphatic carbocycles. The molecule has 17 heavy (non-hydrogen) atoms. The molecule has 0 spiro atoms. The van der Waals surface area contributed by atoms with E-state index in [0.717, 1.165) is 17.5 Å². The Bertz CT molecular complexity index is 416. The van der Waals surface area contributed by atoms with Crippen molar-refractivity contribution in [3.63, 3.8) is 0 Å². The summed E-state index contributed by atoms with van der Waals surface area (Å²) in [4.78, 5) is 11.6. The van der Waals surface area contributed by atoms with Crippen LogP contribution in [0.3, 0.4) is 0 Å². The van der Waals surface area contributed by atoms with E-state index in [1.807, 2.05) is 0 Å². The molecule has 94 valence electrons. The lowest BCUT2D eigenvalue weighted by Gasteiger charge is -2.05. The van der Waals surface area contributed by atoms with E-state index >= 15 is 0 Å². The van der Waals surface area contributed by atoms with Crippen LogP contribution in [0.5, 0.6) is 0 Å². The number of rotatable bonds is 5. The third-order valence-electron chi connectivity index (χ3n) is 2.52. The van der Waals surface area contributed by atoms with Gasteiger partial charge in [0.05, 0.1) is 12.3 Å². The number of alkyl halides is 2. The highest BCUT2D eigenvalue weighted by molar-refractivity contribution is 5.88. The van der Waals surface area contributed by atoms with Crippen LogP contribution in [0.25, 0.3) is 0 Å². The Morgan fingerprint density at radius 3 is 2.82 bits per heavy atom. The molecule has 1 aliphatic rings. The zero-order valence-corrected chi connectivity index (χ0v) is 9.40. The van der Waals surface area contributed by atoms with Gasteiger partial charge in [0.1, 0.15) is 6.54 Å². The third kappa shape index (κ3) is 2.59. The number of hydrogen-bond acceptors (Lipinski definition) is 4. The van der Waals surface area contributed by atoms with Crippen LogP contribution in [0.2, 0.25) is 0 Å². The number of carbonyl (C=O) groups excluding carboxylic acids is 1. The minimum absolute atomic E-state index is 0.0787. The van der Waals surface area contributed by atoms with Crippen molar-refractivity contribution in [1.82, 2.24) is 15.0 Å². The van der Waals surface area contributed by atoms with Crippen LogP contribution in [-0.2, 0) is 11.3 Å². The van der Waals surface area contributed by atoms with Gasteiger partial charge in [0.15, 0.2) is 5.69 Å². The van der Waals surface area contributed by atoms with Crippen LogP contribution in [0.1, 0.15) is 41.9 Å². The molecule has 1 fully saturated rings. The van der Waals surface area contributed by atoms with Gasteiger partial charge in [-0.15, -0.1) is 5.10 Å². The van der Waals surface area contributed by atoms with Gasteiger partial charge in [-0.3, -0.25) is 0 Å². The van der Waals surface area contributed by atoms with Crippen LogP contribution < -0.4 is 0 Å². The van der Waals surface area contributed by atoms with E-state index in [1.54, 1.807) is 6.92 Å². The second-order valence-corrected chi connectivity index (χ2v) is 3.89. The molecule has 0 aliphatic heterocycles. The quantitative estimate of drug-likeness (QED) is 0.739. The summed E-state index contributed by atoms with van der Waals surface area (Å²) in [6.45, 7) is 1.38. The summed E-state index contributed by atoms with van der Waals surface area (Å²) in [5, 5.41) is 7.26. The first kappa shape index (κ1) is 11.9. The second-order valence-electron chi connectivity index (χ2n) is 3.89. The van der Waals surface area contributed by atoms with E-state index in [9.17, 15) is 13.6 Å². The highest BCUT2D eigenvalue weighted by Gasteiger charge is 2.34. The van der Waals surface area contributed by atoms with Crippen molar-refractivity contribution in [3.8, 4) is 0 Å². The van der Waals surface area contributed by atoms with E-state index in [0.29, 0.717) is 5.69 Å². The summed E-state index contributed by atoms with van der Waals surface area (Å²) >= 11 is 0. The first-order valence-electron chi connectivity index (χ1n) is 5.52. The molecule has 0 unspecified atom stereocenters. The van der Waals surface area contributed by atoms with Gasteiger partial charge < -0.3 is 4.74 Å². The van der Waals surface area contributed by atoms with Gasteiger partial charge in [-0.1, -0.05) is 5.21 Å². The van der Waals surface area contributed by atoms with Gasteiger partial charge in [-0.2, -0.15) is 0 Å². The molecule has 0 atom stereocenters. The maximum atomic E-state index is 12.3. The number of ether oxygens (including phenoxy) is 1. The number of nitrogens with zero attached hydrogens (tertiary/aromatic N) is 3. The fraction of sp³-hybridized carbons (Fsp3) is 0.700. The smallest absolute Gasteiger partial charge is 0.360 e. The standard InChI is InChI=1S/C10H13F2N3O2/c1-2-17-10(16)8-9(6-3-4-6)15(14-13-8)5-7(11)12/h6-7H,2-5H2,1H3. The predicted octanol–water partition coefficient (Wildman–Crippen LogP) is 1.60. The first-order chi connectivity index (χ1) is 8.13. The fourth-order valence-corrected chi connectivity index (χ4v) is 1.69. The van der Waals surface area contributed by atoms with Crippen molar-refractivity contribution in [2.75, 3.05) is 6.61 Å². The SMILES string of the molecule is CCOC(=O)c1nnn(CC(F)F)c1C1CC1. The topological polar surface area (TPSA) is 57.0 Å². The van der Waals surface area contributed by atoms with Crippen molar-refractivity contribution >= 4 is 5.97 Å².